The number of benzene rings is 1. The Morgan fingerprint density at radius 3 is 1.94 bits per heavy atom. The van der Waals surface area contributed by atoms with Crippen molar-refractivity contribution < 1.29 is 5.11 Å². The van der Waals surface area contributed by atoms with E-state index in [1.165, 1.54) is 5.56 Å². The van der Waals surface area contributed by atoms with Crippen molar-refractivity contribution >= 4 is 0 Å². The maximum Gasteiger partial charge on any atom is 0.161 e. The summed E-state index contributed by atoms with van der Waals surface area (Å²) in [4.78, 5) is 8.30. The number of nitrogens with zero attached hydrogens (tertiary/aromatic N) is 2. The number of aliphatic hydroxyl groups excluding tert-OH is 1. The molecule has 3 heteroatoms. The van der Waals surface area contributed by atoms with Crippen LogP contribution in [0.3, 0.4) is 0 Å². The summed E-state index contributed by atoms with van der Waals surface area (Å²) in [6, 6.07) is 7.95. The van der Waals surface area contributed by atoms with Crippen molar-refractivity contribution in [3.8, 4) is 0 Å². The lowest BCUT2D eigenvalue weighted by Gasteiger charge is -2.11. The maximum absolute atomic E-state index is 10.2. The van der Waals surface area contributed by atoms with Crippen LogP contribution in [0.1, 0.15) is 48.4 Å². The maximum atomic E-state index is 10.2. The molecular formula is C15H18N2O. The average molecular weight is 242 g/mol. The van der Waals surface area contributed by atoms with Crippen LogP contribution in [-0.4, -0.2) is 15.1 Å². The number of rotatable bonds is 3. The zero-order valence-electron chi connectivity index (χ0n) is 11.0. The molecule has 0 aliphatic heterocycles. The Hall–Kier alpha value is -1.74. The highest BCUT2D eigenvalue weighted by atomic mass is 16.3. The van der Waals surface area contributed by atoms with E-state index in [9.17, 15) is 5.11 Å². The van der Waals surface area contributed by atoms with Gasteiger partial charge in [-0.15, -0.1) is 0 Å². The molecule has 0 radical (unpaired) electrons. The molecule has 2 rings (SSSR count). The van der Waals surface area contributed by atoms with E-state index in [0.29, 0.717) is 11.7 Å². The molecule has 0 bridgehead atoms. The fraction of sp³-hybridized carbons (Fsp3) is 0.333. The van der Waals surface area contributed by atoms with Gasteiger partial charge in [0.25, 0.3) is 0 Å². The fourth-order valence-corrected chi connectivity index (χ4v) is 1.76. The summed E-state index contributed by atoms with van der Waals surface area (Å²) >= 11 is 0. The fourth-order valence-electron chi connectivity index (χ4n) is 1.76. The van der Waals surface area contributed by atoms with Gasteiger partial charge in [0.1, 0.15) is 6.10 Å². The first-order valence-corrected chi connectivity index (χ1v) is 6.14. The summed E-state index contributed by atoms with van der Waals surface area (Å²) in [5.41, 5.74) is 3.07. The molecule has 1 atom stereocenters. The molecule has 1 heterocycles. The topological polar surface area (TPSA) is 46.0 Å². The highest BCUT2D eigenvalue weighted by Crippen LogP contribution is 2.21. The van der Waals surface area contributed by atoms with Crippen molar-refractivity contribution in [3.05, 3.63) is 59.2 Å². The van der Waals surface area contributed by atoms with Crippen LogP contribution in [-0.2, 0) is 0 Å². The minimum absolute atomic E-state index is 0.442. The van der Waals surface area contributed by atoms with Gasteiger partial charge in [0, 0.05) is 12.4 Å². The monoisotopic (exact) mass is 242 g/mol. The zero-order chi connectivity index (χ0) is 13.1. The summed E-state index contributed by atoms with van der Waals surface area (Å²) in [6.07, 6.45) is 2.68. The zero-order valence-corrected chi connectivity index (χ0v) is 11.0. The van der Waals surface area contributed by atoms with Crippen molar-refractivity contribution in [1.29, 1.82) is 0 Å². The van der Waals surface area contributed by atoms with Crippen LogP contribution in [0.5, 0.6) is 0 Å². The molecule has 0 fully saturated rings. The molecule has 1 aromatic heterocycles. The highest BCUT2D eigenvalue weighted by molar-refractivity contribution is 5.28. The Bertz CT molecular complexity index is 503. The summed E-state index contributed by atoms with van der Waals surface area (Å²) < 4.78 is 0. The van der Waals surface area contributed by atoms with E-state index >= 15 is 0 Å². The predicted molar refractivity (Wildman–Crippen MR) is 71.4 cm³/mol. The van der Waals surface area contributed by atoms with Gasteiger partial charge in [0.15, 0.2) is 5.82 Å². The number of hydrogen-bond donors (Lipinski definition) is 1. The SMILES string of the molecule is Cc1cnc(C(O)c2ccc(C(C)C)cc2)nc1. The molecule has 0 saturated carbocycles. The third kappa shape index (κ3) is 2.74. The molecule has 1 N–H and O–H groups in total. The van der Waals surface area contributed by atoms with Crippen LogP contribution in [0, 0.1) is 6.92 Å². The number of aliphatic hydroxyl groups is 1. The number of hydrogen-bond acceptors (Lipinski definition) is 3. The molecule has 0 aliphatic rings. The van der Waals surface area contributed by atoms with Crippen molar-refractivity contribution in [2.24, 2.45) is 0 Å². The van der Waals surface area contributed by atoms with Gasteiger partial charge < -0.3 is 5.11 Å². The molecule has 94 valence electrons. The standard InChI is InChI=1S/C15H18N2O/c1-10(2)12-4-6-13(7-5-12)14(18)15-16-8-11(3)9-17-15/h4-10,14,18H,1-3H3. The normalized spacial score (nSPS) is 12.7. The molecule has 1 aromatic carbocycles. The van der Waals surface area contributed by atoms with Crippen LogP contribution in [0.4, 0.5) is 0 Å². The third-order valence-corrected chi connectivity index (χ3v) is 2.96. The second kappa shape index (κ2) is 5.27. The van der Waals surface area contributed by atoms with E-state index in [0.717, 1.165) is 11.1 Å². The van der Waals surface area contributed by atoms with Crippen molar-refractivity contribution in [2.75, 3.05) is 0 Å². The molecule has 0 saturated heterocycles. The van der Waals surface area contributed by atoms with E-state index in [2.05, 4.69) is 23.8 Å². The first kappa shape index (κ1) is 12.7. The second-order valence-electron chi connectivity index (χ2n) is 4.84. The van der Waals surface area contributed by atoms with Gasteiger partial charge in [0.05, 0.1) is 0 Å². The lowest BCUT2D eigenvalue weighted by atomic mass is 10.00. The molecular weight excluding hydrogens is 224 g/mol. The van der Waals surface area contributed by atoms with Gasteiger partial charge in [-0.05, 0) is 29.5 Å². The molecule has 0 spiro atoms. The Kier molecular flexibility index (Phi) is 3.72. The Morgan fingerprint density at radius 1 is 0.944 bits per heavy atom. The Labute approximate surface area is 108 Å². The Morgan fingerprint density at radius 2 is 1.44 bits per heavy atom. The quantitative estimate of drug-likeness (QED) is 0.900. The number of aromatic nitrogens is 2. The van der Waals surface area contributed by atoms with Crippen molar-refractivity contribution in [1.82, 2.24) is 9.97 Å². The van der Waals surface area contributed by atoms with Crippen molar-refractivity contribution in [3.63, 3.8) is 0 Å². The summed E-state index contributed by atoms with van der Waals surface area (Å²) in [6.45, 7) is 6.22. The van der Waals surface area contributed by atoms with Crippen molar-refractivity contribution in [2.45, 2.75) is 32.8 Å². The van der Waals surface area contributed by atoms with Crippen LogP contribution < -0.4 is 0 Å². The summed E-state index contributed by atoms with van der Waals surface area (Å²) in [5, 5.41) is 10.2. The Balaban J connectivity index is 2.23. The summed E-state index contributed by atoms with van der Waals surface area (Å²) in [5.74, 6) is 0.935. The van der Waals surface area contributed by atoms with Crippen LogP contribution in [0.2, 0.25) is 0 Å². The average Bonchev–Trinajstić information content (AvgIpc) is 2.39. The minimum atomic E-state index is -0.758. The van der Waals surface area contributed by atoms with Gasteiger partial charge >= 0.3 is 0 Å². The molecule has 0 aliphatic carbocycles. The molecule has 0 amide bonds. The van der Waals surface area contributed by atoms with Gasteiger partial charge in [-0.1, -0.05) is 38.1 Å². The smallest absolute Gasteiger partial charge is 0.161 e. The largest absolute Gasteiger partial charge is 0.380 e. The van der Waals surface area contributed by atoms with Gasteiger partial charge in [-0.25, -0.2) is 9.97 Å². The molecule has 18 heavy (non-hydrogen) atoms. The summed E-state index contributed by atoms with van der Waals surface area (Å²) in [7, 11) is 0. The number of aryl methyl sites for hydroxylation is 1. The lowest BCUT2D eigenvalue weighted by molar-refractivity contribution is 0.209. The van der Waals surface area contributed by atoms with E-state index in [-0.39, 0.29) is 0 Å². The van der Waals surface area contributed by atoms with E-state index in [4.69, 9.17) is 0 Å². The first-order valence-electron chi connectivity index (χ1n) is 6.14. The molecule has 1 unspecified atom stereocenters. The van der Waals surface area contributed by atoms with E-state index in [1.807, 2.05) is 31.2 Å². The highest BCUT2D eigenvalue weighted by Gasteiger charge is 2.13. The van der Waals surface area contributed by atoms with Gasteiger partial charge in [-0.2, -0.15) is 0 Å². The van der Waals surface area contributed by atoms with Gasteiger partial charge in [0.2, 0.25) is 0 Å². The first-order chi connectivity index (χ1) is 8.58. The van der Waals surface area contributed by atoms with Crippen LogP contribution >= 0.6 is 0 Å². The molecule has 3 nitrogen and oxygen atoms in total. The van der Waals surface area contributed by atoms with Gasteiger partial charge in [-0.3, -0.25) is 0 Å². The van der Waals surface area contributed by atoms with Crippen LogP contribution in [0.25, 0.3) is 0 Å². The molecule has 2 aromatic rings. The van der Waals surface area contributed by atoms with E-state index in [1.54, 1.807) is 12.4 Å². The lowest BCUT2D eigenvalue weighted by Crippen LogP contribution is -2.05. The van der Waals surface area contributed by atoms with E-state index < -0.39 is 6.10 Å². The van der Waals surface area contributed by atoms with Crippen LogP contribution in [0.15, 0.2) is 36.7 Å². The third-order valence-electron chi connectivity index (χ3n) is 2.96. The second-order valence-corrected chi connectivity index (χ2v) is 4.84. The predicted octanol–water partition coefficient (Wildman–Crippen LogP) is 2.99. The minimum Gasteiger partial charge on any atom is -0.380 e.